The van der Waals surface area contributed by atoms with Crippen LogP contribution in [-0.2, 0) is 19.4 Å². The molecule has 1 fully saturated rings. The maximum absolute atomic E-state index is 11.6. The molecule has 0 aromatic carbocycles. The fraction of sp³-hybridized carbons (Fsp3) is 0.909. The fourth-order valence-corrected chi connectivity index (χ4v) is 2.24. The minimum atomic E-state index is -2.97. The lowest BCUT2D eigenvalue weighted by Crippen LogP contribution is -2.47. The van der Waals surface area contributed by atoms with E-state index in [1.807, 2.05) is 4.90 Å². The van der Waals surface area contributed by atoms with E-state index in [0.717, 1.165) is 12.8 Å². The second-order valence-electron chi connectivity index (χ2n) is 4.91. The van der Waals surface area contributed by atoms with Gasteiger partial charge in [0.2, 0.25) is 0 Å². The van der Waals surface area contributed by atoms with Crippen LogP contribution in [-0.4, -0.2) is 70.6 Å². The van der Waals surface area contributed by atoms with E-state index in [9.17, 15) is 13.2 Å². The van der Waals surface area contributed by atoms with Crippen molar-refractivity contribution in [1.82, 2.24) is 10.2 Å². The van der Waals surface area contributed by atoms with Gasteiger partial charge in [-0.2, -0.15) is 0 Å². The van der Waals surface area contributed by atoms with Crippen molar-refractivity contribution < 1.29 is 17.9 Å². The number of ether oxygens (including phenoxy) is 1. The molecule has 18 heavy (non-hydrogen) atoms. The summed E-state index contributed by atoms with van der Waals surface area (Å²) < 4.78 is 26.9. The van der Waals surface area contributed by atoms with Gasteiger partial charge in [-0.25, -0.2) is 8.42 Å². The van der Waals surface area contributed by atoms with E-state index in [-0.39, 0.29) is 17.8 Å². The van der Waals surface area contributed by atoms with Gasteiger partial charge in [0.05, 0.1) is 12.9 Å². The van der Waals surface area contributed by atoms with E-state index < -0.39 is 9.84 Å². The smallest absolute Gasteiger partial charge is 0.324 e. The van der Waals surface area contributed by atoms with Crippen LogP contribution in [0.1, 0.15) is 12.8 Å². The molecule has 1 aliphatic rings. The molecular weight excluding hydrogens is 256 g/mol. The number of likely N-dealkylation sites (N-methyl/N-ethyl adjacent to an activating group) is 1. The molecule has 6 nitrogen and oxygen atoms in total. The molecule has 0 amide bonds. The Labute approximate surface area is 109 Å². The van der Waals surface area contributed by atoms with Gasteiger partial charge in [-0.3, -0.25) is 4.79 Å². The first-order valence-corrected chi connectivity index (χ1v) is 8.08. The van der Waals surface area contributed by atoms with E-state index in [4.69, 9.17) is 4.74 Å². The zero-order valence-corrected chi connectivity index (χ0v) is 12.0. The third-order valence-electron chi connectivity index (χ3n) is 2.84. The molecule has 7 heteroatoms. The lowest BCUT2D eigenvalue weighted by Gasteiger charge is -2.23. The lowest BCUT2D eigenvalue weighted by molar-refractivity contribution is -0.143. The zero-order chi connectivity index (χ0) is 13.8. The molecule has 1 atom stereocenters. The van der Waals surface area contributed by atoms with E-state index in [1.165, 1.54) is 13.4 Å². The minimum absolute atomic E-state index is 0.0980. The monoisotopic (exact) mass is 278 g/mol. The van der Waals surface area contributed by atoms with Crippen molar-refractivity contribution in [2.45, 2.75) is 24.9 Å². The quantitative estimate of drug-likeness (QED) is 0.589. The third-order valence-corrected chi connectivity index (χ3v) is 3.76. The summed E-state index contributed by atoms with van der Waals surface area (Å²) in [4.78, 5) is 13.4. The number of nitrogens with zero attached hydrogens (tertiary/aromatic N) is 1. The number of hydrogen-bond acceptors (Lipinski definition) is 6. The highest BCUT2D eigenvalue weighted by Gasteiger charge is 2.29. The van der Waals surface area contributed by atoms with Crippen molar-refractivity contribution in [2.24, 2.45) is 0 Å². The summed E-state index contributed by atoms with van der Waals surface area (Å²) in [6.45, 7) is 0.872. The highest BCUT2D eigenvalue weighted by Crippen LogP contribution is 2.19. The summed E-state index contributed by atoms with van der Waals surface area (Å²) in [5.74, 6) is -0.200. The van der Waals surface area contributed by atoms with E-state index >= 15 is 0 Å². The van der Waals surface area contributed by atoms with Crippen molar-refractivity contribution >= 4 is 15.8 Å². The number of hydrogen-bond donors (Lipinski definition) is 1. The van der Waals surface area contributed by atoms with E-state index in [1.54, 1.807) is 7.05 Å². The molecule has 0 saturated heterocycles. The van der Waals surface area contributed by atoms with Gasteiger partial charge in [0.1, 0.15) is 15.9 Å². The van der Waals surface area contributed by atoms with Gasteiger partial charge in [-0.05, 0) is 19.9 Å². The van der Waals surface area contributed by atoms with Crippen molar-refractivity contribution in [2.75, 3.05) is 39.3 Å². The van der Waals surface area contributed by atoms with E-state index in [0.29, 0.717) is 19.1 Å². The van der Waals surface area contributed by atoms with Crippen LogP contribution in [0.5, 0.6) is 0 Å². The molecule has 0 bridgehead atoms. The van der Waals surface area contributed by atoms with Crippen LogP contribution >= 0.6 is 0 Å². The number of methoxy groups -OCH3 is 1. The lowest BCUT2D eigenvalue weighted by atomic mass is 10.2. The van der Waals surface area contributed by atoms with Crippen molar-refractivity contribution in [1.29, 1.82) is 0 Å². The predicted octanol–water partition coefficient (Wildman–Crippen LogP) is -0.744. The average Bonchev–Trinajstić information content (AvgIpc) is 3.07. The summed E-state index contributed by atoms with van der Waals surface area (Å²) >= 11 is 0. The molecule has 0 heterocycles. The topological polar surface area (TPSA) is 75.7 Å². The highest BCUT2D eigenvalue weighted by atomic mass is 32.2. The van der Waals surface area contributed by atoms with Crippen LogP contribution in [0.4, 0.5) is 0 Å². The van der Waals surface area contributed by atoms with Crippen molar-refractivity contribution in [3.05, 3.63) is 0 Å². The number of nitrogens with one attached hydrogen (secondary N) is 1. The number of carbonyl (C=O) groups is 1. The summed E-state index contributed by atoms with van der Waals surface area (Å²) in [6.07, 6.45) is 3.38. The zero-order valence-electron chi connectivity index (χ0n) is 11.2. The normalized spacial score (nSPS) is 17.8. The molecule has 1 N–H and O–H groups in total. The molecule has 0 aromatic heterocycles. The van der Waals surface area contributed by atoms with Crippen LogP contribution in [0.15, 0.2) is 0 Å². The molecule has 0 aromatic rings. The fourth-order valence-electron chi connectivity index (χ4n) is 1.60. The van der Waals surface area contributed by atoms with Gasteiger partial charge < -0.3 is 15.0 Å². The van der Waals surface area contributed by atoms with Gasteiger partial charge >= 0.3 is 5.97 Å². The second-order valence-corrected chi connectivity index (χ2v) is 7.17. The molecule has 1 rings (SSSR count). The largest absolute Gasteiger partial charge is 0.468 e. The second kappa shape index (κ2) is 6.49. The van der Waals surface area contributed by atoms with E-state index in [2.05, 4.69) is 5.32 Å². The van der Waals surface area contributed by atoms with Crippen molar-refractivity contribution in [3.8, 4) is 0 Å². The predicted molar refractivity (Wildman–Crippen MR) is 69.2 cm³/mol. The number of rotatable bonds is 8. The Bertz CT molecular complexity index is 379. The summed E-state index contributed by atoms with van der Waals surface area (Å²) in [7, 11) is 0.193. The van der Waals surface area contributed by atoms with Gasteiger partial charge in [0.25, 0.3) is 0 Å². The number of carbonyl (C=O) groups excluding carboxylic acids is 1. The van der Waals surface area contributed by atoms with Gasteiger partial charge in [0, 0.05) is 25.4 Å². The Hall–Kier alpha value is -0.660. The van der Waals surface area contributed by atoms with Gasteiger partial charge in [0.15, 0.2) is 0 Å². The molecule has 1 aliphatic carbocycles. The van der Waals surface area contributed by atoms with Crippen LogP contribution < -0.4 is 5.32 Å². The number of sulfone groups is 1. The highest BCUT2D eigenvalue weighted by molar-refractivity contribution is 7.90. The van der Waals surface area contributed by atoms with Crippen LogP contribution in [0.2, 0.25) is 0 Å². The standard InChI is InChI=1S/C11H22N2O4S/c1-13(6-7-18(3,15)16)8-10(11(14)17-2)12-9-4-5-9/h9-10,12H,4-8H2,1-3H3. The molecule has 0 aliphatic heterocycles. The van der Waals surface area contributed by atoms with Gasteiger partial charge in [-0.1, -0.05) is 0 Å². The van der Waals surface area contributed by atoms with Crippen LogP contribution in [0, 0.1) is 0 Å². The number of esters is 1. The summed E-state index contributed by atoms with van der Waals surface area (Å²) in [5, 5.41) is 3.20. The summed E-state index contributed by atoms with van der Waals surface area (Å²) in [6, 6.07) is 0.0180. The van der Waals surface area contributed by atoms with Gasteiger partial charge in [-0.15, -0.1) is 0 Å². The Kier molecular flexibility index (Phi) is 5.55. The Morgan fingerprint density at radius 1 is 1.50 bits per heavy atom. The molecular formula is C11H22N2O4S. The molecule has 1 saturated carbocycles. The third kappa shape index (κ3) is 6.32. The Balaban J connectivity index is 2.40. The maximum atomic E-state index is 11.6. The summed E-state index contributed by atoms with van der Waals surface area (Å²) in [5.41, 5.74) is 0. The first kappa shape index (κ1) is 15.4. The molecule has 0 spiro atoms. The molecule has 1 unspecified atom stereocenters. The first-order chi connectivity index (χ1) is 8.31. The average molecular weight is 278 g/mol. The van der Waals surface area contributed by atoms with Crippen LogP contribution in [0.3, 0.4) is 0 Å². The Morgan fingerprint density at radius 2 is 2.11 bits per heavy atom. The Morgan fingerprint density at radius 3 is 2.56 bits per heavy atom. The maximum Gasteiger partial charge on any atom is 0.324 e. The minimum Gasteiger partial charge on any atom is -0.468 e. The molecule has 106 valence electrons. The van der Waals surface area contributed by atoms with Crippen molar-refractivity contribution in [3.63, 3.8) is 0 Å². The molecule has 0 radical (unpaired) electrons. The first-order valence-electron chi connectivity index (χ1n) is 6.02. The van der Waals surface area contributed by atoms with Crippen LogP contribution in [0.25, 0.3) is 0 Å². The SMILES string of the molecule is COC(=O)C(CN(C)CCS(C)(=O)=O)NC1CC1.